The van der Waals surface area contributed by atoms with Gasteiger partial charge in [-0.2, -0.15) is 4.39 Å². The van der Waals surface area contributed by atoms with Crippen molar-refractivity contribution in [1.29, 1.82) is 0 Å². The molecule has 1 atom stereocenters. The predicted molar refractivity (Wildman–Crippen MR) is 109 cm³/mol. The first-order chi connectivity index (χ1) is 14.9. The molecule has 0 aliphatic carbocycles. The molecule has 1 amide bonds. The number of halogens is 2. The number of hydrogen-bond acceptors (Lipinski definition) is 6. The second-order valence-electron chi connectivity index (χ2n) is 7.41. The van der Waals surface area contributed by atoms with Crippen molar-refractivity contribution in [2.24, 2.45) is 0 Å². The summed E-state index contributed by atoms with van der Waals surface area (Å²) in [4.78, 5) is 35.6. The molecule has 0 bridgehead atoms. The number of aromatic nitrogens is 3. The van der Waals surface area contributed by atoms with Crippen LogP contribution in [-0.2, 0) is 6.54 Å². The number of aromatic amines is 1. The van der Waals surface area contributed by atoms with E-state index in [2.05, 4.69) is 20.3 Å². The first kappa shape index (κ1) is 20.9. The Morgan fingerprint density at radius 3 is 2.84 bits per heavy atom. The number of rotatable bonds is 5. The van der Waals surface area contributed by atoms with E-state index in [1.807, 2.05) is 4.90 Å². The molecule has 3 aromatic rings. The van der Waals surface area contributed by atoms with Crippen molar-refractivity contribution in [3.05, 3.63) is 63.3 Å². The first-order valence-corrected chi connectivity index (χ1v) is 9.81. The van der Waals surface area contributed by atoms with Crippen LogP contribution in [0.1, 0.15) is 28.2 Å². The van der Waals surface area contributed by atoms with Gasteiger partial charge in [0.25, 0.3) is 17.4 Å². The number of aryl methyl sites for hydroxylation is 1. The second kappa shape index (κ2) is 8.38. The number of pyridine rings is 1. The summed E-state index contributed by atoms with van der Waals surface area (Å²) in [7, 11) is 1.44. The SMILES string of the molecule is CNC(=O)c1ccc(O[C@@H]2CCN(Cc3ccc4nc(C)c(=O)[nH]c4c3F)C2)c(F)n1. The van der Waals surface area contributed by atoms with Gasteiger partial charge >= 0.3 is 0 Å². The maximum atomic E-state index is 14.9. The lowest BCUT2D eigenvalue weighted by Gasteiger charge is -2.18. The zero-order chi connectivity index (χ0) is 22.1. The van der Waals surface area contributed by atoms with E-state index in [1.54, 1.807) is 19.1 Å². The van der Waals surface area contributed by atoms with E-state index in [0.29, 0.717) is 37.1 Å². The summed E-state index contributed by atoms with van der Waals surface area (Å²) in [5, 5.41) is 2.38. The number of amides is 1. The summed E-state index contributed by atoms with van der Waals surface area (Å²) in [6, 6.07) is 6.10. The summed E-state index contributed by atoms with van der Waals surface area (Å²) in [5.41, 5.74) is 0.737. The molecule has 2 N–H and O–H groups in total. The molecule has 3 heterocycles. The van der Waals surface area contributed by atoms with Gasteiger partial charge in [-0.25, -0.2) is 14.4 Å². The van der Waals surface area contributed by atoms with Gasteiger partial charge in [0.1, 0.15) is 23.0 Å². The average molecular weight is 429 g/mol. The van der Waals surface area contributed by atoms with E-state index < -0.39 is 23.2 Å². The zero-order valence-corrected chi connectivity index (χ0v) is 17.0. The number of benzene rings is 1. The Kier molecular flexibility index (Phi) is 5.64. The molecule has 1 saturated heterocycles. The molecule has 4 rings (SSSR count). The Morgan fingerprint density at radius 1 is 1.29 bits per heavy atom. The number of nitrogens with one attached hydrogen (secondary N) is 2. The van der Waals surface area contributed by atoms with Crippen molar-refractivity contribution >= 4 is 16.9 Å². The molecule has 162 valence electrons. The van der Waals surface area contributed by atoms with Gasteiger partial charge in [-0.15, -0.1) is 0 Å². The molecular formula is C21H21F2N5O3. The van der Waals surface area contributed by atoms with Crippen LogP contribution in [0.25, 0.3) is 11.0 Å². The normalized spacial score (nSPS) is 16.6. The molecule has 0 saturated carbocycles. The Bertz CT molecular complexity index is 1210. The molecule has 0 spiro atoms. The number of hydrogen-bond donors (Lipinski definition) is 2. The second-order valence-corrected chi connectivity index (χ2v) is 7.41. The monoisotopic (exact) mass is 429 g/mol. The summed E-state index contributed by atoms with van der Waals surface area (Å²) in [6.45, 7) is 2.99. The summed E-state index contributed by atoms with van der Waals surface area (Å²) in [5.74, 6) is -1.88. The number of nitrogens with zero attached hydrogens (tertiary/aromatic N) is 3. The third kappa shape index (κ3) is 4.24. The van der Waals surface area contributed by atoms with Gasteiger partial charge in [-0.3, -0.25) is 14.5 Å². The molecule has 10 heteroatoms. The third-order valence-corrected chi connectivity index (χ3v) is 5.25. The molecule has 1 aliphatic heterocycles. The van der Waals surface area contributed by atoms with E-state index in [1.165, 1.54) is 19.2 Å². The maximum Gasteiger partial charge on any atom is 0.269 e. The minimum atomic E-state index is -0.855. The van der Waals surface area contributed by atoms with Crippen LogP contribution in [0, 0.1) is 18.7 Å². The number of ether oxygens (including phenoxy) is 1. The lowest BCUT2D eigenvalue weighted by atomic mass is 10.1. The van der Waals surface area contributed by atoms with Crippen molar-refractivity contribution in [1.82, 2.24) is 25.2 Å². The van der Waals surface area contributed by atoms with Crippen LogP contribution in [0.5, 0.6) is 5.75 Å². The zero-order valence-electron chi connectivity index (χ0n) is 17.0. The molecule has 0 radical (unpaired) electrons. The first-order valence-electron chi connectivity index (χ1n) is 9.81. The van der Waals surface area contributed by atoms with Crippen LogP contribution in [-0.4, -0.2) is 52.0 Å². The van der Waals surface area contributed by atoms with Crippen molar-refractivity contribution in [3.63, 3.8) is 0 Å². The highest BCUT2D eigenvalue weighted by Crippen LogP contribution is 2.24. The quantitative estimate of drug-likeness (QED) is 0.601. The fraction of sp³-hybridized carbons (Fsp3) is 0.333. The summed E-state index contributed by atoms with van der Waals surface area (Å²) in [6.07, 6.45) is 0.332. The molecule has 2 aromatic heterocycles. The number of carbonyl (C=O) groups is 1. The summed E-state index contributed by atoms with van der Waals surface area (Å²) < 4.78 is 34.8. The number of carbonyl (C=O) groups excluding carboxylic acids is 1. The Labute approximate surface area is 176 Å². The van der Waals surface area contributed by atoms with Crippen LogP contribution >= 0.6 is 0 Å². The Hall–Kier alpha value is -3.40. The van der Waals surface area contributed by atoms with Crippen LogP contribution in [0.15, 0.2) is 29.1 Å². The molecule has 1 fully saturated rings. The number of likely N-dealkylation sites (tertiary alicyclic amines) is 1. The molecule has 1 aromatic carbocycles. The van der Waals surface area contributed by atoms with Crippen LogP contribution in [0.4, 0.5) is 8.78 Å². The maximum absolute atomic E-state index is 14.9. The van der Waals surface area contributed by atoms with Gasteiger partial charge in [0.05, 0.1) is 5.52 Å². The highest BCUT2D eigenvalue weighted by molar-refractivity contribution is 5.92. The van der Waals surface area contributed by atoms with Crippen molar-refractivity contribution in [2.75, 3.05) is 20.1 Å². The van der Waals surface area contributed by atoms with Gasteiger partial charge in [-0.05, 0) is 31.5 Å². The third-order valence-electron chi connectivity index (χ3n) is 5.25. The van der Waals surface area contributed by atoms with Gasteiger partial charge in [0.2, 0.25) is 0 Å². The molecule has 0 unspecified atom stereocenters. The lowest BCUT2D eigenvalue weighted by molar-refractivity contribution is 0.0956. The van der Waals surface area contributed by atoms with E-state index in [4.69, 9.17) is 4.74 Å². The minimum Gasteiger partial charge on any atom is -0.484 e. The van der Waals surface area contributed by atoms with Crippen LogP contribution in [0.3, 0.4) is 0 Å². The molecular weight excluding hydrogens is 408 g/mol. The fourth-order valence-electron chi connectivity index (χ4n) is 3.60. The lowest BCUT2D eigenvalue weighted by Crippen LogP contribution is -2.25. The number of fused-ring (bicyclic) bond motifs is 1. The molecule has 8 nitrogen and oxygen atoms in total. The Morgan fingerprint density at radius 2 is 2.10 bits per heavy atom. The standard InChI is InChI=1S/C21H21F2N5O3/c1-11-20(29)27-18-14(25-11)4-3-12(17(18)22)9-28-8-7-13(10-28)31-16-6-5-15(21(30)24-2)26-19(16)23/h3-6,13H,7-10H2,1-2H3,(H,24,30)(H,27,29)/t13-/m1/s1. The summed E-state index contributed by atoms with van der Waals surface area (Å²) >= 11 is 0. The van der Waals surface area contributed by atoms with Crippen molar-refractivity contribution < 1.29 is 18.3 Å². The largest absolute Gasteiger partial charge is 0.484 e. The van der Waals surface area contributed by atoms with Gasteiger partial charge in [0, 0.05) is 32.2 Å². The smallest absolute Gasteiger partial charge is 0.269 e. The van der Waals surface area contributed by atoms with Gasteiger partial charge in [-0.1, -0.05) is 6.07 Å². The molecule has 31 heavy (non-hydrogen) atoms. The number of H-pyrrole nitrogens is 1. The Balaban J connectivity index is 1.44. The highest BCUT2D eigenvalue weighted by atomic mass is 19.1. The fourth-order valence-corrected chi connectivity index (χ4v) is 3.60. The van der Waals surface area contributed by atoms with Crippen LogP contribution < -0.4 is 15.6 Å². The predicted octanol–water partition coefficient (Wildman–Crippen LogP) is 1.92. The van der Waals surface area contributed by atoms with E-state index in [0.717, 1.165) is 0 Å². The van der Waals surface area contributed by atoms with Crippen LogP contribution in [0.2, 0.25) is 0 Å². The van der Waals surface area contributed by atoms with E-state index >= 15 is 0 Å². The van der Waals surface area contributed by atoms with Crippen molar-refractivity contribution in [2.45, 2.75) is 26.0 Å². The van der Waals surface area contributed by atoms with Gasteiger partial charge in [0.15, 0.2) is 11.6 Å². The van der Waals surface area contributed by atoms with Crippen molar-refractivity contribution in [3.8, 4) is 5.75 Å². The highest BCUT2D eigenvalue weighted by Gasteiger charge is 2.26. The molecule has 1 aliphatic rings. The van der Waals surface area contributed by atoms with Gasteiger partial charge < -0.3 is 15.0 Å². The minimum absolute atomic E-state index is 0.0320. The van der Waals surface area contributed by atoms with E-state index in [-0.39, 0.29) is 28.8 Å². The topological polar surface area (TPSA) is 100 Å². The van der Waals surface area contributed by atoms with E-state index in [9.17, 15) is 18.4 Å². The average Bonchev–Trinajstić information content (AvgIpc) is 3.19.